The molecular formula is C8H6I2O3. The zero-order valence-corrected chi connectivity index (χ0v) is 11.0. The van der Waals surface area contributed by atoms with E-state index in [-0.39, 0.29) is 0 Å². The number of halogens is 2. The van der Waals surface area contributed by atoms with E-state index in [4.69, 9.17) is 9.84 Å². The summed E-state index contributed by atoms with van der Waals surface area (Å²) in [5.74, 6) is -0.208. The van der Waals surface area contributed by atoms with Crippen LogP contribution in [0.4, 0.5) is 0 Å². The van der Waals surface area contributed by atoms with Crippen LogP contribution in [0.3, 0.4) is 0 Å². The van der Waals surface area contributed by atoms with Gasteiger partial charge >= 0.3 is 5.97 Å². The van der Waals surface area contributed by atoms with Crippen molar-refractivity contribution in [1.82, 2.24) is 0 Å². The standard InChI is InChI=1S/C8H6I2O3/c1-13-5-3-2-4(8(11)12)6(9)7(5)10/h2-3H,1H3,(H,11,12). The topological polar surface area (TPSA) is 46.5 Å². The van der Waals surface area contributed by atoms with Crippen LogP contribution in [0.5, 0.6) is 5.75 Å². The SMILES string of the molecule is COc1ccc(C(=O)O)c(I)c1I. The summed E-state index contributed by atoms with van der Waals surface area (Å²) in [5, 5.41) is 8.80. The molecule has 13 heavy (non-hydrogen) atoms. The van der Waals surface area contributed by atoms with Crippen LogP contribution in [0.2, 0.25) is 0 Å². The molecule has 0 saturated heterocycles. The fraction of sp³-hybridized carbons (Fsp3) is 0.125. The Morgan fingerprint density at radius 2 is 2.00 bits per heavy atom. The zero-order valence-electron chi connectivity index (χ0n) is 6.67. The number of carbonyl (C=O) groups is 1. The van der Waals surface area contributed by atoms with Gasteiger partial charge in [0, 0.05) is 3.57 Å². The van der Waals surface area contributed by atoms with Gasteiger partial charge in [0.25, 0.3) is 0 Å². The molecule has 0 spiro atoms. The molecule has 0 heterocycles. The largest absolute Gasteiger partial charge is 0.496 e. The molecular weight excluding hydrogens is 398 g/mol. The lowest BCUT2D eigenvalue weighted by molar-refractivity contribution is 0.0695. The predicted molar refractivity (Wildman–Crippen MR) is 65.4 cm³/mol. The summed E-state index contributed by atoms with van der Waals surface area (Å²) in [6.07, 6.45) is 0. The van der Waals surface area contributed by atoms with E-state index in [9.17, 15) is 4.79 Å². The highest BCUT2D eigenvalue weighted by Gasteiger charge is 2.13. The van der Waals surface area contributed by atoms with Gasteiger partial charge in [0.05, 0.1) is 16.2 Å². The van der Waals surface area contributed by atoms with Crippen LogP contribution in [0.1, 0.15) is 10.4 Å². The average molecular weight is 404 g/mol. The Kier molecular flexibility index (Phi) is 3.77. The van der Waals surface area contributed by atoms with Crippen molar-refractivity contribution in [3.05, 3.63) is 24.8 Å². The molecule has 5 heteroatoms. The molecule has 0 atom stereocenters. The van der Waals surface area contributed by atoms with Gasteiger partial charge in [-0.3, -0.25) is 0 Å². The first-order valence-corrected chi connectivity index (χ1v) is 5.49. The highest BCUT2D eigenvalue weighted by Crippen LogP contribution is 2.28. The van der Waals surface area contributed by atoms with Crippen LogP contribution < -0.4 is 4.74 Å². The number of carboxylic acid groups (broad SMARTS) is 1. The monoisotopic (exact) mass is 404 g/mol. The van der Waals surface area contributed by atoms with Gasteiger partial charge in [-0.2, -0.15) is 0 Å². The van der Waals surface area contributed by atoms with E-state index in [1.807, 2.05) is 22.6 Å². The summed E-state index contributed by atoms with van der Waals surface area (Å²) < 4.78 is 6.60. The van der Waals surface area contributed by atoms with Gasteiger partial charge in [0.1, 0.15) is 5.75 Å². The third-order valence-electron chi connectivity index (χ3n) is 1.50. The molecule has 0 saturated carbocycles. The molecule has 0 fully saturated rings. The average Bonchev–Trinajstić information content (AvgIpc) is 2.09. The molecule has 1 rings (SSSR count). The van der Waals surface area contributed by atoms with E-state index < -0.39 is 5.97 Å². The van der Waals surface area contributed by atoms with Crippen LogP contribution in [0.15, 0.2) is 12.1 Å². The molecule has 3 nitrogen and oxygen atoms in total. The van der Waals surface area contributed by atoms with Gasteiger partial charge in [0.2, 0.25) is 0 Å². The minimum atomic E-state index is -0.912. The quantitative estimate of drug-likeness (QED) is 0.772. The second kappa shape index (κ2) is 4.45. The molecule has 0 aliphatic rings. The van der Waals surface area contributed by atoms with Crippen molar-refractivity contribution >= 4 is 51.2 Å². The summed E-state index contributed by atoms with van der Waals surface area (Å²) in [5.41, 5.74) is 0.311. The summed E-state index contributed by atoms with van der Waals surface area (Å²) in [7, 11) is 1.56. The van der Waals surface area contributed by atoms with Crippen molar-refractivity contribution in [2.45, 2.75) is 0 Å². The first-order valence-electron chi connectivity index (χ1n) is 3.33. The van der Waals surface area contributed by atoms with E-state index in [0.29, 0.717) is 14.9 Å². The van der Waals surface area contributed by atoms with Gasteiger partial charge in [-0.1, -0.05) is 0 Å². The highest BCUT2D eigenvalue weighted by atomic mass is 127. The number of hydrogen-bond acceptors (Lipinski definition) is 2. The first kappa shape index (κ1) is 11.0. The third-order valence-corrected chi connectivity index (χ3v) is 4.72. The summed E-state index contributed by atoms with van der Waals surface area (Å²) in [4.78, 5) is 10.7. The maximum absolute atomic E-state index is 10.7. The van der Waals surface area contributed by atoms with Crippen molar-refractivity contribution in [1.29, 1.82) is 0 Å². The minimum absolute atomic E-state index is 0.311. The first-order chi connectivity index (χ1) is 6.07. The van der Waals surface area contributed by atoms with Crippen LogP contribution in [-0.4, -0.2) is 18.2 Å². The Balaban J connectivity index is 3.31. The van der Waals surface area contributed by atoms with Gasteiger partial charge in [-0.25, -0.2) is 4.79 Å². The van der Waals surface area contributed by atoms with Crippen LogP contribution >= 0.6 is 45.2 Å². The molecule has 0 aliphatic heterocycles. The molecule has 1 N–H and O–H groups in total. The van der Waals surface area contributed by atoms with E-state index in [2.05, 4.69) is 22.6 Å². The second-order valence-corrected chi connectivity index (χ2v) is 4.41. The van der Waals surface area contributed by atoms with Gasteiger partial charge in [-0.15, -0.1) is 0 Å². The maximum atomic E-state index is 10.7. The Bertz CT molecular complexity index is 349. The lowest BCUT2D eigenvalue weighted by Crippen LogP contribution is -2.02. The smallest absolute Gasteiger partial charge is 0.336 e. The molecule has 0 unspecified atom stereocenters. The predicted octanol–water partition coefficient (Wildman–Crippen LogP) is 2.60. The zero-order chi connectivity index (χ0) is 10.0. The van der Waals surface area contributed by atoms with Gasteiger partial charge in [0.15, 0.2) is 0 Å². The lowest BCUT2D eigenvalue weighted by atomic mass is 10.2. The Morgan fingerprint density at radius 1 is 1.38 bits per heavy atom. The van der Waals surface area contributed by atoms with E-state index in [0.717, 1.165) is 3.57 Å². The molecule has 1 aromatic carbocycles. The molecule has 0 bridgehead atoms. The number of aromatic carboxylic acids is 1. The molecule has 0 amide bonds. The highest BCUT2D eigenvalue weighted by molar-refractivity contribution is 14.1. The molecule has 0 aromatic heterocycles. The van der Waals surface area contributed by atoms with Crippen molar-refractivity contribution in [2.75, 3.05) is 7.11 Å². The molecule has 70 valence electrons. The van der Waals surface area contributed by atoms with E-state index >= 15 is 0 Å². The van der Waals surface area contributed by atoms with Crippen LogP contribution in [0.25, 0.3) is 0 Å². The second-order valence-electron chi connectivity index (χ2n) is 2.25. The maximum Gasteiger partial charge on any atom is 0.336 e. The van der Waals surface area contributed by atoms with Crippen LogP contribution in [-0.2, 0) is 0 Å². The number of methoxy groups -OCH3 is 1. The lowest BCUT2D eigenvalue weighted by Gasteiger charge is -2.06. The Morgan fingerprint density at radius 3 is 2.46 bits per heavy atom. The fourth-order valence-electron chi connectivity index (χ4n) is 0.855. The normalized spacial score (nSPS) is 9.77. The van der Waals surface area contributed by atoms with Gasteiger partial charge in [-0.05, 0) is 57.3 Å². The van der Waals surface area contributed by atoms with Crippen molar-refractivity contribution in [2.24, 2.45) is 0 Å². The number of carboxylic acids is 1. The van der Waals surface area contributed by atoms with E-state index in [1.54, 1.807) is 19.2 Å². The Labute approximate surface area is 103 Å². The number of rotatable bonds is 2. The van der Waals surface area contributed by atoms with Crippen molar-refractivity contribution in [3.8, 4) is 5.75 Å². The van der Waals surface area contributed by atoms with Crippen molar-refractivity contribution in [3.63, 3.8) is 0 Å². The van der Waals surface area contributed by atoms with Crippen LogP contribution in [0, 0.1) is 7.14 Å². The van der Waals surface area contributed by atoms with Crippen molar-refractivity contribution < 1.29 is 14.6 Å². The number of ether oxygens (including phenoxy) is 1. The molecule has 0 radical (unpaired) electrons. The molecule has 0 aliphatic carbocycles. The summed E-state index contributed by atoms with van der Waals surface area (Å²) in [6.45, 7) is 0. The number of hydrogen-bond donors (Lipinski definition) is 1. The number of benzene rings is 1. The van der Waals surface area contributed by atoms with E-state index in [1.165, 1.54) is 0 Å². The minimum Gasteiger partial charge on any atom is -0.496 e. The molecule has 1 aromatic rings. The summed E-state index contributed by atoms with van der Waals surface area (Å²) in [6, 6.07) is 3.21. The third kappa shape index (κ3) is 2.25. The fourth-order valence-corrected chi connectivity index (χ4v) is 2.22. The Hall–Kier alpha value is -0.0500. The van der Waals surface area contributed by atoms with Gasteiger partial charge < -0.3 is 9.84 Å². The summed E-state index contributed by atoms with van der Waals surface area (Å²) >= 11 is 4.07.